The lowest BCUT2D eigenvalue weighted by molar-refractivity contribution is -0.143. The van der Waals surface area contributed by atoms with E-state index in [0.29, 0.717) is 25.9 Å². The van der Waals surface area contributed by atoms with Crippen LogP contribution in [0.3, 0.4) is 0 Å². The highest BCUT2D eigenvalue weighted by molar-refractivity contribution is 5.76. The Morgan fingerprint density at radius 3 is 1.12 bits per heavy atom. The van der Waals surface area contributed by atoms with Gasteiger partial charge in [0, 0.05) is 12.8 Å². The fourth-order valence-electron chi connectivity index (χ4n) is 9.73. The van der Waals surface area contributed by atoms with E-state index < -0.39 is 12.1 Å². The fourth-order valence-corrected chi connectivity index (χ4v) is 9.73. The van der Waals surface area contributed by atoms with Crippen molar-refractivity contribution in [3.8, 4) is 0 Å². The van der Waals surface area contributed by atoms with Gasteiger partial charge < -0.3 is 20.3 Å². The normalized spacial score (nSPS) is 12.7. The maximum absolute atomic E-state index is 12.5. The van der Waals surface area contributed by atoms with Gasteiger partial charge in [-0.3, -0.25) is 9.59 Å². The van der Waals surface area contributed by atoms with Crippen LogP contribution in [0, 0.1) is 0 Å². The summed E-state index contributed by atoms with van der Waals surface area (Å²) in [7, 11) is 0. The predicted octanol–water partition coefficient (Wildman–Crippen LogP) is 19.4. The van der Waals surface area contributed by atoms with E-state index in [9.17, 15) is 19.8 Å². The first kappa shape index (κ1) is 67.3. The third kappa shape index (κ3) is 55.5. The molecule has 0 aliphatic heterocycles. The number of aliphatic hydroxyl groups excluding tert-OH is 2. The Hall–Kier alpha value is -1.66. The van der Waals surface area contributed by atoms with E-state index in [1.54, 1.807) is 0 Å². The summed E-state index contributed by atoms with van der Waals surface area (Å²) in [5.41, 5.74) is 0. The molecule has 1 amide bonds. The van der Waals surface area contributed by atoms with E-state index in [2.05, 4.69) is 43.5 Å². The molecule has 0 aromatic carbocycles. The van der Waals surface area contributed by atoms with Crippen molar-refractivity contribution in [1.29, 1.82) is 0 Å². The quantitative estimate of drug-likeness (QED) is 0.0321. The van der Waals surface area contributed by atoms with Crippen molar-refractivity contribution >= 4 is 11.9 Å². The summed E-state index contributed by atoms with van der Waals surface area (Å²) in [6, 6.07) is -0.545. The third-order valence-electron chi connectivity index (χ3n) is 14.5. The van der Waals surface area contributed by atoms with Crippen molar-refractivity contribution in [2.24, 2.45) is 0 Å². The maximum Gasteiger partial charge on any atom is 0.305 e. The molecule has 0 saturated carbocycles. The second kappa shape index (κ2) is 58.9. The lowest BCUT2D eigenvalue weighted by Crippen LogP contribution is -2.45. The molecule has 0 spiro atoms. The first-order valence-corrected chi connectivity index (χ1v) is 31.1. The smallest absolute Gasteiger partial charge is 0.305 e. The number of nitrogens with one attached hydrogen (secondary N) is 1. The molecule has 69 heavy (non-hydrogen) atoms. The highest BCUT2D eigenvalue weighted by Crippen LogP contribution is 2.18. The Labute approximate surface area is 431 Å². The van der Waals surface area contributed by atoms with Crippen LogP contribution in [0.4, 0.5) is 0 Å². The summed E-state index contributed by atoms with van der Waals surface area (Å²) in [6.45, 7) is 4.95. The Kier molecular flexibility index (Phi) is 57.5. The van der Waals surface area contributed by atoms with Crippen molar-refractivity contribution in [3.05, 3.63) is 24.3 Å². The van der Waals surface area contributed by atoms with Gasteiger partial charge in [0.05, 0.1) is 25.4 Å². The molecule has 0 radical (unpaired) electrons. The molecule has 0 aromatic rings. The highest BCUT2D eigenvalue weighted by Gasteiger charge is 2.20. The van der Waals surface area contributed by atoms with Gasteiger partial charge in [-0.25, -0.2) is 0 Å². The number of hydrogen-bond donors (Lipinski definition) is 3. The minimum atomic E-state index is -0.667. The zero-order valence-electron chi connectivity index (χ0n) is 46.6. The molecule has 3 N–H and O–H groups in total. The number of ether oxygens (including phenoxy) is 1. The molecule has 0 bridgehead atoms. The van der Waals surface area contributed by atoms with Gasteiger partial charge in [0.1, 0.15) is 0 Å². The van der Waals surface area contributed by atoms with Gasteiger partial charge in [-0.05, 0) is 57.8 Å². The van der Waals surface area contributed by atoms with Gasteiger partial charge in [0.2, 0.25) is 5.91 Å². The summed E-state index contributed by atoms with van der Waals surface area (Å²) >= 11 is 0. The van der Waals surface area contributed by atoms with Gasteiger partial charge in [-0.2, -0.15) is 0 Å². The molecule has 0 aliphatic rings. The molecule has 6 heteroatoms. The summed E-state index contributed by atoms with van der Waals surface area (Å²) in [5, 5.41) is 23.3. The molecule has 0 rings (SSSR count). The number of allylic oxidation sites excluding steroid dienone is 4. The molecule has 0 heterocycles. The Morgan fingerprint density at radius 1 is 0.406 bits per heavy atom. The zero-order valence-corrected chi connectivity index (χ0v) is 46.6. The average molecular weight is 973 g/mol. The van der Waals surface area contributed by atoms with Crippen LogP contribution in [0.1, 0.15) is 341 Å². The molecule has 6 nitrogen and oxygen atoms in total. The van der Waals surface area contributed by atoms with Crippen LogP contribution in [0.25, 0.3) is 0 Å². The van der Waals surface area contributed by atoms with Crippen molar-refractivity contribution in [2.45, 2.75) is 353 Å². The molecule has 408 valence electrons. The molecule has 0 aromatic heterocycles. The van der Waals surface area contributed by atoms with E-state index in [1.165, 1.54) is 257 Å². The van der Waals surface area contributed by atoms with Gasteiger partial charge in [-0.15, -0.1) is 0 Å². The zero-order chi connectivity index (χ0) is 50.0. The number of carbonyl (C=O) groups is 2. The van der Waals surface area contributed by atoms with Gasteiger partial charge in [0.15, 0.2) is 0 Å². The summed E-state index contributed by atoms with van der Waals surface area (Å²) in [4.78, 5) is 24.6. The van der Waals surface area contributed by atoms with Crippen LogP contribution in [0.2, 0.25) is 0 Å². The SMILES string of the molecule is CCCCCC/C=C\C/C=C\CCCCCCCCCC(=O)OCCCCCCCCCCCCCCCCCCCCC(=O)NC(CO)C(O)CCCCCCCCCCCCCCCCCC. The standard InChI is InChI=1S/C63H121NO5/c1-3-5-7-9-11-13-15-17-19-21-25-29-33-37-41-45-49-53-57-63(68)69-58-54-50-46-42-38-34-30-26-23-22-24-28-32-36-40-44-48-52-56-62(67)64-60(59-65)61(66)55-51-47-43-39-35-31-27-20-18-16-14-12-10-8-6-4-2/h13,15,19,21,60-61,65-66H,3-12,14,16-18,20,22-59H2,1-2H3,(H,64,67)/b15-13-,21-19-. The molecule has 2 unspecified atom stereocenters. The lowest BCUT2D eigenvalue weighted by atomic mass is 10.0. The third-order valence-corrected chi connectivity index (χ3v) is 14.5. The van der Waals surface area contributed by atoms with Crippen LogP contribution in [-0.4, -0.2) is 47.4 Å². The second-order valence-electron chi connectivity index (χ2n) is 21.4. The number of unbranched alkanes of at least 4 members (excludes halogenated alkanes) is 43. The summed E-state index contributed by atoms with van der Waals surface area (Å²) in [5.74, 6) is -0.0363. The minimum Gasteiger partial charge on any atom is -0.466 e. The molecule has 0 saturated heterocycles. The van der Waals surface area contributed by atoms with E-state index in [-0.39, 0.29) is 18.5 Å². The lowest BCUT2D eigenvalue weighted by Gasteiger charge is -2.22. The van der Waals surface area contributed by atoms with Crippen LogP contribution < -0.4 is 5.32 Å². The summed E-state index contributed by atoms with van der Waals surface area (Å²) in [6.07, 6.45) is 71.8. The van der Waals surface area contributed by atoms with Gasteiger partial charge >= 0.3 is 5.97 Å². The molecule has 0 fully saturated rings. The van der Waals surface area contributed by atoms with E-state index >= 15 is 0 Å². The predicted molar refractivity (Wildman–Crippen MR) is 301 cm³/mol. The largest absolute Gasteiger partial charge is 0.466 e. The van der Waals surface area contributed by atoms with Crippen molar-refractivity contribution < 1.29 is 24.5 Å². The first-order valence-electron chi connectivity index (χ1n) is 31.1. The molecule has 0 aliphatic carbocycles. The number of carbonyl (C=O) groups excluding carboxylic acids is 2. The Balaban J connectivity index is 3.40. The highest BCUT2D eigenvalue weighted by atomic mass is 16.5. The Bertz CT molecular complexity index is 1080. The number of amides is 1. The number of hydrogen-bond acceptors (Lipinski definition) is 5. The Morgan fingerprint density at radius 2 is 0.725 bits per heavy atom. The number of esters is 1. The fraction of sp³-hybridized carbons (Fsp3) is 0.905. The van der Waals surface area contributed by atoms with Crippen molar-refractivity contribution in [3.63, 3.8) is 0 Å². The minimum absolute atomic E-state index is 0.000607. The number of rotatable bonds is 58. The van der Waals surface area contributed by atoms with Crippen LogP contribution >= 0.6 is 0 Å². The van der Waals surface area contributed by atoms with Gasteiger partial charge in [-0.1, -0.05) is 295 Å². The van der Waals surface area contributed by atoms with Crippen LogP contribution in [-0.2, 0) is 14.3 Å². The average Bonchev–Trinajstić information content (AvgIpc) is 3.35. The van der Waals surface area contributed by atoms with Crippen LogP contribution in [0.5, 0.6) is 0 Å². The van der Waals surface area contributed by atoms with E-state index in [4.69, 9.17) is 4.74 Å². The topological polar surface area (TPSA) is 95.9 Å². The van der Waals surface area contributed by atoms with Gasteiger partial charge in [0.25, 0.3) is 0 Å². The number of aliphatic hydroxyl groups is 2. The van der Waals surface area contributed by atoms with Crippen molar-refractivity contribution in [2.75, 3.05) is 13.2 Å². The maximum atomic E-state index is 12.5. The molecule has 2 atom stereocenters. The molecular formula is C63H121NO5. The summed E-state index contributed by atoms with van der Waals surface area (Å²) < 4.78 is 5.49. The van der Waals surface area contributed by atoms with Crippen molar-refractivity contribution in [1.82, 2.24) is 5.32 Å². The molecular weight excluding hydrogens is 851 g/mol. The van der Waals surface area contributed by atoms with E-state index in [0.717, 1.165) is 51.4 Å². The van der Waals surface area contributed by atoms with Crippen LogP contribution in [0.15, 0.2) is 24.3 Å². The first-order chi connectivity index (χ1) is 34.0. The second-order valence-corrected chi connectivity index (χ2v) is 21.4. The monoisotopic (exact) mass is 972 g/mol. The van der Waals surface area contributed by atoms with E-state index in [1.807, 2.05) is 0 Å².